The minimum atomic E-state index is -0.935. The second-order valence-corrected chi connectivity index (χ2v) is 16.7. The third kappa shape index (κ3) is 139. The number of esters is 1. The van der Waals surface area contributed by atoms with Crippen LogP contribution in [0.1, 0.15) is 104 Å². The maximum atomic E-state index is 10.9. The number of carboxylic acid groups (broad SMARTS) is 12. The molecule has 84 heavy (non-hydrogen) atoms. The lowest BCUT2D eigenvalue weighted by molar-refractivity contribution is -0.143. The van der Waals surface area contributed by atoms with Crippen LogP contribution in [0.5, 0.6) is 0 Å². The van der Waals surface area contributed by atoms with Crippen molar-refractivity contribution in [1.82, 2.24) is 0 Å². The van der Waals surface area contributed by atoms with E-state index in [1.165, 1.54) is 83.1 Å². The fourth-order valence-electron chi connectivity index (χ4n) is 0.430. The molecule has 0 rings (SSSR count). The second kappa shape index (κ2) is 63.5. The summed E-state index contributed by atoms with van der Waals surface area (Å²) in [5.74, 6) is -11.6. The van der Waals surface area contributed by atoms with E-state index in [-0.39, 0.29) is 85.5 Å². The van der Waals surface area contributed by atoms with Crippen LogP contribution in [0.2, 0.25) is 0 Å². The van der Waals surface area contributed by atoms with E-state index in [1.807, 2.05) is 13.8 Å². The number of carbonyl (C=O) groups is 13. The summed E-state index contributed by atoms with van der Waals surface area (Å²) in [6, 6.07) is 0. The molecule has 0 heterocycles. The normalized spacial score (nSPS) is 8.00. The van der Waals surface area contributed by atoms with E-state index in [4.69, 9.17) is 71.1 Å². The van der Waals surface area contributed by atoms with E-state index in [0.29, 0.717) is 5.57 Å². The second-order valence-electron chi connectivity index (χ2n) is 16.7. The Morgan fingerprint density at radius 1 is 0.250 bits per heavy atom. The van der Waals surface area contributed by atoms with Gasteiger partial charge in [0, 0.05) is 77.9 Å². The number of aliphatic hydroxyl groups is 1. The molecule has 0 fully saturated rings. The third-order valence-corrected chi connectivity index (χ3v) is 5.75. The highest BCUT2D eigenvalue weighted by molar-refractivity contribution is 5.89. The summed E-state index contributed by atoms with van der Waals surface area (Å²) in [5, 5.41) is 104. The first-order valence-electron chi connectivity index (χ1n) is 22.2. The molecule has 478 valence electrons. The zero-order valence-electron chi connectivity index (χ0n) is 50.6. The van der Waals surface area contributed by atoms with Crippen LogP contribution in [0, 0.1) is 5.41 Å². The van der Waals surface area contributed by atoms with Crippen LogP contribution < -0.4 is 0 Å². The standard InChI is InChI=1S/C9H16O3.12C4H6O2/c1-7(2)8(11)12-6-9(3,4)5-10;12*1-3(2)4(5)6/h10H,1,5-6H2,2-4H3;12*1H2,2H3,(H,5,6). The highest BCUT2D eigenvalue weighted by Gasteiger charge is 2.19. The average molecular weight is 1210 g/mol. The number of rotatable bonds is 16. The minimum absolute atomic E-state index is 0.00350. The van der Waals surface area contributed by atoms with E-state index in [1.54, 1.807) is 6.92 Å². The Morgan fingerprint density at radius 3 is 0.381 bits per heavy atom. The smallest absolute Gasteiger partial charge is 0.333 e. The van der Waals surface area contributed by atoms with Gasteiger partial charge in [-0.25, -0.2) is 62.3 Å². The minimum Gasteiger partial charge on any atom is -0.478 e. The lowest BCUT2D eigenvalue weighted by Gasteiger charge is -2.20. The Hall–Kier alpha value is -10.3. The Kier molecular flexibility index (Phi) is 79.9. The Labute approximate surface area is 490 Å². The van der Waals surface area contributed by atoms with Crippen molar-refractivity contribution in [2.75, 3.05) is 13.2 Å². The molecule has 0 aromatic rings. The van der Waals surface area contributed by atoms with E-state index >= 15 is 0 Å². The maximum Gasteiger partial charge on any atom is 0.333 e. The molecule has 0 aliphatic rings. The van der Waals surface area contributed by atoms with E-state index in [9.17, 15) is 62.3 Å². The van der Waals surface area contributed by atoms with Crippen LogP contribution in [0.15, 0.2) is 158 Å². The third-order valence-electron chi connectivity index (χ3n) is 5.75. The van der Waals surface area contributed by atoms with Crippen molar-refractivity contribution >= 4 is 77.6 Å². The first-order valence-corrected chi connectivity index (χ1v) is 22.2. The van der Waals surface area contributed by atoms with Crippen LogP contribution >= 0.6 is 0 Å². The van der Waals surface area contributed by atoms with E-state index in [0.717, 1.165) is 0 Å². The Morgan fingerprint density at radius 2 is 0.333 bits per heavy atom. The summed E-state index contributed by atoms with van der Waals surface area (Å²) in [7, 11) is 0. The van der Waals surface area contributed by atoms with Crippen molar-refractivity contribution in [2.24, 2.45) is 5.41 Å². The molecule has 0 spiro atoms. The van der Waals surface area contributed by atoms with Crippen molar-refractivity contribution in [2.45, 2.75) is 104 Å². The monoisotopic (exact) mass is 1200 g/mol. The van der Waals surface area contributed by atoms with Gasteiger partial charge in [0.25, 0.3) is 0 Å². The molecule has 0 aliphatic carbocycles. The molecule has 0 atom stereocenters. The van der Waals surface area contributed by atoms with Gasteiger partial charge >= 0.3 is 77.6 Å². The van der Waals surface area contributed by atoms with Crippen molar-refractivity contribution in [1.29, 1.82) is 0 Å². The quantitative estimate of drug-likeness (QED) is 0.0506. The number of aliphatic hydroxyl groups excluding tert-OH is 1. The largest absolute Gasteiger partial charge is 0.478 e. The van der Waals surface area contributed by atoms with Gasteiger partial charge in [-0.1, -0.05) is 99.4 Å². The molecule has 0 radical (unpaired) electrons. The molecule has 0 aromatic heterocycles. The molecule has 0 bridgehead atoms. The van der Waals surface area contributed by atoms with Crippen molar-refractivity contribution in [3.05, 3.63) is 158 Å². The van der Waals surface area contributed by atoms with Crippen LogP contribution in [0.3, 0.4) is 0 Å². The van der Waals surface area contributed by atoms with Crippen LogP contribution in [-0.4, -0.2) is 157 Å². The summed E-state index contributed by atoms with van der Waals surface area (Å²) < 4.78 is 4.86. The molecule has 0 aliphatic heterocycles. The Bertz CT molecular complexity index is 1740. The SMILES string of the molecule is C=C(C)C(=O)O.C=C(C)C(=O)O.C=C(C)C(=O)O.C=C(C)C(=O)O.C=C(C)C(=O)O.C=C(C)C(=O)O.C=C(C)C(=O)O.C=C(C)C(=O)O.C=C(C)C(=O)O.C=C(C)C(=O)O.C=C(C)C(=O)O.C=C(C)C(=O)O.C=C(C)C(=O)OCC(C)(C)CO. The van der Waals surface area contributed by atoms with E-state index in [2.05, 4.69) is 85.5 Å². The van der Waals surface area contributed by atoms with Crippen LogP contribution in [-0.2, 0) is 67.1 Å². The van der Waals surface area contributed by atoms with Crippen molar-refractivity contribution in [3.8, 4) is 0 Å². The summed E-state index contributed by atoms with van der Waals surface area (Å²) in [6.45, 7) is 64.1. The number of aliphatic carboxylic acids is 12. The predicted octanol–water partition coefficient (Wildman–Crippen LogP) is 8.89. The summed E-state index contributed by atoms with van der Waals surface area (Å²) in [6.07, 6.45) is 0. The lowest BCUT2D eigenvalue weighted by atomic mass is 9.97. The number of carbonyl (C=O) groups excluding carboxylic acids is 1. The van der Waals surface area contributed by atoms with E-state index < -0.39 is 77.6 Å². The zero-order chi connectivity index (χ0) is 71.6. The van der Waals surface area contributed by atoms with Crippen molar-refractivity contribution < 1.29 is 133 Å². The predicted molar refractivity (Wildman–Crippen MR) is 316 cm³/mol. The number of carboxylic acids is 12. The first kappa shape index (κ1) is 106. The lowest BCUT2D eigenvalue weighted by Crippen LogP contribution is -2.25. The van der Waals surface area contributed by atoms with Gasteiger partial charge in [-0.2, -0.15) is 0 Å². The molecule has 0 unspecified atom stereocenters. The molecule has 0 saturated heterocycles. The van der Waals surface area contributed by atoms with Gasteiger partial charge in [0.2, 0.25) is 0 Å². The molecular formula is C57H88O27. The van der Waals surface area contributed by atoms with Crippen LogP contribution in [0.25, 0.3) is 0 Å². The zero-order valence-corrected chi connectivity index (χ0v) is 50.6. The average Bonchev–Trinajstić information content (AvgIpc) is 3.32. The molecular weight excluding hydrogens is 1120 g/mol. The molecule has 0 amide bonds. The number of ether oxygens (including phenoxy) is 1. The molecule has 27 nitrogen and oxygen atoms in total. The maximum absolute atomic E-state index is 10.9. The van der Waals surface area contributed by atoms with Gasteiger partial charge in [-0.3, -0.25) is 0 Å². The topological polar surface area (TPSA) is 494 Å². The van der Waals surface area contributed by atoms with Crippen molar-refractivity contribution in [3.63, 3.8) is 0 Å². The van der Waals surface area contributed by atoms with Gasteiger partial charge in [0.1, 0.15) is 0 Å². The fourth-order valence-corrected chi connectivity index (χ4v) is 0.430. The summed E-state index contributed by atoms with van der Waals surface area (Å²) >= 11 is 0. The fraction of sp³-hybridized carbons (Fsp3) is 0.316. The molecule has 0 saturated carbocycles. The Balaban J connectivity index is -0.0000000595. The summed E-state index contributed by atoms with van der Waals surface area (Å²) in [4.78, 5) is 126. The van der Waals surface area contributed by atoms with Crippen LogP contribution in [0.4, 0.5) is 0 Å². The molecule has 13 N–H and O–H groups in total. The highest BCUT2D eigenvalue weighted by atomic mass is 16.5. The number of hydrogen-bond acceptors (Lipinski definition) is 15. The molecule has 0 aromatic carbocycles. The highest BCUT2D eigenvalue weighted by Crippen LogP contribution is 2.14. The van der Waals surface area contributed by atoms with Gasteiger partial charge in [-0.15, -0.1) is 0 Å². The first-order chi connectivity index (χ1) is 37.1. The summed E-state index contributed by atoms with van der Waals surface area (Å²) in [5.41, 5.74) is 2.12. The number of hydrogen-bond donors (Lipinski definition) is 13. The van der Waals surface area contributed by atoms with Gasteiger partial charge < -0.3 is 71.1 Å². The van der Waals surface area contributed by atoms with Gasteiger partial charge in [-0.05, 0) is 90.0 Å². The van der Waals surface area contributed by atoms with Gasteiger partial charge in [0.05, 0.1) is 13.2 Å². The molecule has 27 heteroatoms. The van der Waals surface area contributed by atoms with Gasteiger partial charge in [0.15, 0.2) is 0 Å².